The molecule has 258 valence electrons. The third kappa shape index (κ3) is 8.03. The second kappa shape index (κ2) is 16.4. The van der Waals surface area contributed by atoms with E-state index in [9.17, 15) is 0 Å². The molecule has 49 heavy (non-hydrogen) atoms. The third-order valence-electron chi connectivity index (χ3n) is 10.5. The Morgan fingerprint density at radius 1 is 0.633 bits per heavy atom. The normalized spacial score (nSPS) is 24.1. The number of halogens is 2. The summed E-state index contributed by atoms with van der Waals surface area (Å²) in [7, 11) is 0. The molecule has 0 bridgehead atoms. The number of nitrogens with one attached hydrogen (secondary N) is 2. The Balaban J connectivity index is 0.000000154. The lowest BCUT2D eigenvalue weighted by Crippen LogP contribution is -2.42. The maximum absolute atomic E-state index is 6.58. The molecule has 0 aromatic heterocycles. The van der Waals surface area contributed by atoms with Crippen molar-refractivity contribution in [3.8, 4) is 11.5 Å². The highest BCUT2D eigenvalue weighted by molar-refractivity contribution is 9.10. The van der Waals surface area contributed by atoms with Crippen molar-refractivity contribution in [1.29, 1.82) is 0 Å². The topological polar surface area (TPSA) is 49.0 Å². The predicted octanol–water partition coefficient (Wildman–Crippen LogP) is 7.78. The highest BCUT2D eigenvalue weighted by Gasteiger charge is 2.39. The average molecular weight is 744 g/mol. The van der Waals surface area contributed by atoms with Gasteiger partial charge in [0.05, 0.1) is 21.6 Å². The van der Waals surface area contributed by atoms with E-state index in [2.05, 4.69) is 97.9 Å². The number of hydrogen-bond acceptors (Lipinski definition) is 6. The van der Waals surface area contributed by atoms with E-state index >= 15 is 0 Å². The summed E-state index contributed by atoms with van der Waals surface area (Å²) < 4.78 is 14.1. The zero-order valence-corrected chi connectivity index (χ0v) is 30.8. The minimum absolute atomic E-state index is 0.0351. The highest BCUT2D eigenvalue weighted by Crippen LogP contribution is 2.42. The van der Waals surface area contributed by atoms with Crippen LogP contribution in [-0.4, -0.2) is 74.2 Å². The lowest BCUT2D eigenvalue weighted by atomic mass is 10.1. The van der Waals surface area contributed by atoms with E-state index in [-0.39, 0.29) is 12.2 Å². The monoisotopic (exact) mass is 742 g/mol. The maximum Gasteiger partial charge on any atom is 0.141 e. The van der Waals surface area contributed by atoms with Crippen LogP contribution in [0.1, 0.15) is 52.9 Å². The van der Waals surface area contributed by atoms with Gasteiger partial charge in [-0.3, -0.25) is 9.80 Å². The van der Waals surface area contributed by atoms with E-state index in [4.69, 9.17) is 21.1 Å². The molecule has 8 heteroatoms. The molecule has 0 unspecified atom stereocenters. The van der Waals surface area contributed by atoms with E-state index in [0.717, 1.165) is 86.7 Å². The summed E-state index contributed by atoms with van der Waals surface area (Å²) in [4.78, 5) is 5.21. The number of para-hydroxylation sites is 2. The van der Waals surface area contributed by atoms with Crippen LogP contribution in [0.25, 0.3) is 0 Å². The van der Waals surface area contributed by atoms with E-state index in [1.54, 1.807) is 0 Å². The molecule has 4 atom stereocenters. The molecule has 2 aliphatic heterocycles. The van der Waals surface area contributed by atoms with Crippen molar-refractivity contribution >= 4 is 27.5 Å². The first-order valence-corrected chi connectivity index (χ1v) is 19.1. The van der Waals surface area contributed by atoms with Crippen molar-refractivity contribution in [2.24, 2.45) is 0 Å². The zero-order valence-electron chi connectivity index (χ0n) is 28.4. The first kappa shape index (κ1) is 34.5. The van der Waals surface area contributed by atoms with Crippen molar-refractivity contribution in [2.75, 3.05) is 52.4 Å². The smallest absolute Gasteiger partial charge is 0.141 e. The van der Waals surface area contributed by atoms with Gasteiger partial charge in [-0.2, -0.15) is 0 Å². The number of hydrogen-bond donors (Lipinski definition) is 2. The molecule has 2 saturated heterocycles. The minimum atomic E-state index is 0.0351. The number of nitrogens with zero attached hydrogens (tertiary/aromatic N) is 2. The Kier molecular flexibility index (Phi) is 11.6. The second-order valence-electron chi connectivity index (χ2n) is 13.6. The molecule has 2 fully saturated rings. The molecule has 8 rings (SSSR count). The molecule has 0 radical (unpaired) electrons. The van der Waals surface area contributed by atoms with Crippen molar-refractivity contribution in [1.82, 2.24) is 20.4 Å². The van der Waals surface area contributed by atoms with Crippen LogP contribution in [0.2, 0.25) is 5.02 Å². The van der Waals surface area contributed by atoms with Crippen LogP contribution in [0, 0.1) is 6.92 Å². The van der Waals surface area contributed by atoms with Gasteiger partial charge in [0.2, 0.25) is 0 Å². The summed E-state index contributed by atoms with van der Waals surface area (Å²) in [6.07, 6.45) is 4.64. The molecule has 6 nitrogen and oxygen atoms in total. The van der Waals surface area contributed by atoms with Crippen LogP contribution in [0.5, 0.6) is 11.5 Å². The molecule has 4 aromatic carbocycles. The lowest BCUT2D eigenvalue weighted by molar-refractivity contribution is 0.0816. The first-order valence-electron chi connectivity index (χ1n) is 17.9. The Labute approximate surface area is 305 Å². The largest absolute Gasteiger partial charge is 0.483 e. The van der Waals surface area contributed by atoms with Gasteiger partial charge in [-0.25, -0.2) is 0 Å². The number of ether oxygens (including phenoxy) is 2. The second-order valence-corrected chi connectivity index (χ2v) is 14.9. The van der Waals surface area contributed by atoms with Crippen molar-refractivity contribution in [3.63, 3.8) is 0 Å². The van der Waals surface area contributed by atoms with Gasteiger partial charge in [0.15, 0.2) is 0 Å². The van der Waals surface area contributed by atoms with Gasteiger partial charge < -0.3 is 20.1 Å². The van der Waals surface area contributed by atoms with Crippen molar-refractivity contribution in [2.45, 2.75) is 56.9 Å². The van der Waals surface area contributed by atoms with E-state index in [1.807, 2.05) is 36.4 Å². The average Bonchev–Trinajstić information content (AvgIpc) is 3.36. The van der Waals surface area contributed by atoms with Crippen LogP contribution in [-0.2, 0) is 12.8 Å². The highest BCUT2D eigenvalue weighted by atomic mass is 79.9. The third-order valence-corrected chi connectivity index (χ3v) is 11.4. The van der Waals surface area contributed by atoms with Crippen LogP contribution in [0.4, 0.5) is 0 Å². The zero-order chi connectivity index (χ0) is 33.6. The van der Waals surface area contributed by atoms with Crippen LogP contribution in [0.15, 0.2) is 95.5 Å². The number of fused-ring (bicyclic) bond motifs is 2. The lowest BCUT2D eigenvalue weighted by Gasteiger charge is -2.32. The molecule has 0 amide bonds. The number of aryl methyl sites for hydroxylation is 1. The predicted molar refractivity (Wildman–Crippen MR) is 203 cm³/mol. The molecule has 2 N–H and O–H groups in total. The number of benzene rings is 4. The summed E-state index contributed by atoms with van der Waals surface area (Å²) in [6, 6.07) is 32.3. The fourth-order valence-electron chi connectivity index (χ4n) is 7.97. The van der Waals surface area contributed by atoms with E-state index in [1.165, 1.54) is 35.1 Å². The van der Waals surface area contributed by atoms with Gasteiger partial charge in [-0.05, 0) is 121 Å². The summed E-state index contributed by atoms with van der Waals surface area (Å²) in [5.41, 5.74) is 6.57. The SMILES string of the molecule is Brc1ccccc1O[C@@H]1c2ccccc2C[C@H]1N1CCCNCC1.Cc1cccc(Cl)c1O[C@@H]1c2ccccc2C[C@H]1N1CCCNCC1. The Bertz CT molecular complexity index is 1670. The van der Waals surface area contributed by atoms with Crippen LogP contribution < -0.4 is 20.1 Å². The fourth-order valence-corrected chi connectivity index (χ4v) is 8.61. The van der Waals surface area contributed by atoms with Crippen molar-refractivity contribution < 1.29 is 9.47 Å². The van der Waals surface area contributed by atoms with Gasteiger partial charge in [0, 0.05) is 26.2 Å². The summed E-state index contributed by atoms with van der Waals surface area (Å²) >= 11 is 10.1. The molecule has 4 aliphatic rings. The van der Waals surface area contributed by atoms with E-state index < -0.39 is 0 Å². The molecular weight excluding hydrogens is 696 g/mol. The molecular formula is C41H48BrClN4O2. The maximum atomic E-state index is 6.58. The molecule has 4 aromatic rings. The first-order chi connectivity index (χ1) is 24.1. The minimum Gasteiger partial charge on any atom is -0.483 e. The summed E-state index contributed by atoms with van der Waals surface area (Å²) in [5.74, 6) is 1.75. The van der Waals surface area contributed by atoms with Gasteiger partial charge in [-0.1, -0.05) is 84.4 Å². The van der Waals surface area contributed by atoms with Gasteiger partial charge in [-0.15, -0.1) is 0 Å². The number of rotatable bonds is 6. The fraction of sp³-hybridized carbons (Fsp3) is 0.415. The Hall–Kier alpha value is -2.91. The van der Waals surface area contributed by atoms with Gasteiger partial charge >= 0.3 is 0 Å². The van der Waals surface area contributed by atoms with Gasteiger partial charge in [0.1, 0.15) is 23.7 Å². The van der Waals surface area contributed by atoms with Crippen LogP contribution >= 0.6 is 27.5 Å². The van der Waals surface area contributed by atoms with Gasteiger partial charge in [0.25, 0.3) is 0 Å². The molecule has 2 heterocycles. The molecule has 0 spiro atoms. The molecule has 0 saturated carbocycles. The standard InChI is InChI=1S/C21H25ClN2O.C20H23BrN2O/c1-15-6-4-9-18(22)20(15)25-21-17-8-3-2-7-16(17)14-19(21)24-12-5-10-23-11-13-24;21-17-8-3-4-9-19(17)24-20-16-7-2-1-6-15(16)14-18(20)23-12-5-10-22-11-13-23/h2-4,6-9,19,21,23H,5,10-14H2,1H3;1-4,6-9,18,20,22H,5,10-14H2/t19-,21-;18-,20-/m11/s1. The molecule has 2 aliphatic carbocycles. The summed E-state index contributed by atoms with van der Waals surface area (Å²) in [6.45, 7) is 10.8. The Morgan fingerprint density at radius 3 is 1.78 bits per heavy atom. The van der Waals surface area contributed by atoms with E-state index in [0.29, 0.717) is 17.1 Å². The Morgan fingerprint density at radius 2 is 1.18 bits per heavy atom. The van der Waals surface area contributed by atoms with Crippen molar-refractivity contribution in [3.05, 3.63) is 128 Å². The quantitative estimate of drug-likeness (QED) is 0.211. The van der Waals surface area contributed by atoms with Crippen LogP contribution in [0.3, 0.4) is 0 Å². The summed E-state index contributed by atoms with van der Waals surface area (Å²) in [5, 5.41) is 7.70.